The Morgan fingerprint density at radius 2 is 1.74 bits per heavy atom. The molecule has 1 amide bonds. The predicted octanol–water partition coefficient (Wildman–Crippen LogP) is 1.87. The lowest BCUT2D eigenvalue weighted by Crippen LogP contribution is -2.41. The molecule has 0 atom stereocenters. The van der Waals surface area contributed by atoms with Crippen LogP contribution in [0.15, 0.2) is 44.4 Å². The van der Waals surface area contributed by atoms with E-state index < -0.39 is 17.2 Å². The van der Waals surface area contributed by atoms with Gasteiger partial charge in [-0.3, -0.25) is 18.7 Å². The number of amides is 1. The van der Waals surface area contributed by atoms with Gasteiger partial charge in [-0.15, -0.1) is 0 Å². The number of ether oxygens (including phenoxy) is 4. The molecule has 0 saturated carbocycles. The largest absolute Gasteiger partial charge is 0.497 e. The second-order valence-electron chi connectivity index (χ2n) is 8.54. The quantitative estimate of drug-likeness (QED) is 0.345. The first-order valence-corrected chi connectivity index (χ1v) is 11.8. The van der Waals surface area contributed by atoms with Gasteiger partial charge in [-0.25, -0.2) is 4.79 Å². The van der Waals surface area contributed by atoms with E-state index in [0.29, 0.717) is 53.2 Å². The van der Waals surface area contributed by atoms with Crippen LogP contribution in [0.5, 0.6) is 23.0 Å². The standard InChI is InChI=1S/C25H25N5O8/c1-14-26-23(38-28-14)5-4-6-29-24(32)18-10-20-21(37-13-36-20)11-19(18)30(25(29)33)12-22(31)27-15-7-16(34-2)9-17(8-15)35-3/h7-11H,4-6,12-13H2,1-3H3,(H,27,31). The SMILES string of the molecule is COc1cc(NC(=O)Cn2c(=O)n(CCCc3nc(C)no3)c(=O)c3cc4c(cc32)OCO4)cc(OC)c1. The van der Waals surface area contributed by atoms with Crippen molar-refractivity contribution in [3.8, 4) is 23.0 Å². The van der Waals surface area contributed by atoms with Gasteiger partial charge in [0, 0.05) is 42.9 Å². The highest BCUT2D eigenvalue weighted by atomic mass is 16.7. The van der Waals surface area contributed by atoms with Gasteiger partial charge in [-0.2, -0.15) is 4.98 Å². The molecule has 5 rings (SSSR count). The van der Waals surface area contributed by atoms with E-state index in [2.05, 4.69) is 15.5 Å². The molecule has 13 nitrogen and oxygen atoms in total. The first kappa shape index (κ1) is 24.9. The van der Waals surface area contributed by atoms with Crippen molar-refractivity contribution < 1.29 is 28.3 Å². The molecule has 1 aliphatic rings. The Morgan fingerprint density at radius 1 is 1.03 bits per heavy atom. The molecule has 0 fully saturated rings. The lowest BCUT2D eigenvalue weighted by atomic mass is 10.2. The van der Waals surface area contributed by atoms with E-state index in [1.165, 1.54) is 30.9 Å². The Bertz CT molecular complexity index is 1620. The van der Waals surface area contributed by atoms with E-state index in [4.69, 9.17) is 23.5 Å². The van der Waals surface area contributed by atoms with Gasteiger partial charge in [0.25, 0.3) is 5.56 Å². The lowest BCUT2D eigenvalue weighted by Gasteiger charge is -2.15. The minimum Gasteiger partial charge on any atom is -0.497 e. The highest BCUT2D eigenvalue weighted by Gasteiger charge is 2.22. The summed E-state index contributed by atoms with van der Waals surface area (Å²) in [6, 6.07) is 7.98. The Balaban J connectivity index is 1.49. The molecule has 0 bridgehead atoms. The summed E-state index contributed by atoms with van der Waals surface area (Å²) >= 11 is 0. The zero-order valence-electron chi connectivity index (χ0n) is 21.0. The summed E-state index contributed by atoms with van der Waals surface area (Å²) in [5.74, 6) is 2.16. The summed E-state index contributed by atoms with van der Waals surface area (Å²) in [6.45, 7) is 1.41. The number of carbonyl (C=O) groups excluding carboxylic acids is 1. The van der Waals surface area contributed by atoms with Crippen LogP contribution < -0.4 is 35.5 Å². The second kappa shape index (κ2) is 10.3. The number of methoxy groups -OCH3 is 2. The summed E-state index contributed by atoms with van der Waals surface area (Å²) < 4.78 is 28.8. The van der Waals surface area contributed by atoms with Gasteiger partial charge < -0.3 is 28.8 Å². The Kier molecular flexibility index (Phi) is 6.73. The highest BCUT2D eigenvalue weighted by Crippen LogP contribution is 2.34. The van der Waals surface area contributed by atoms with E-state index in [9.17, 15) is 14.4 Å². The van der Waals surface area contributed by atoms with Crippen LogP contribution in [0.3, 0.4) is 0 Å². The van der Waals surface area contributed by atoms with Crippen molar-refractivity contribution in [2.24, 2.45) is 0 Å². The van der Waals surface area contributed by atoms with Crippen LogP contribution in [-0.2, 0) is 24.3 Å². The number of aryl methyl sites for hydroxylation is 2. The molecular weight excluding hydrogens is 498 g/mol. The summed E-state index contributed by atoms with van der Waals surface area (Å²) in [6.07, 6.45) is 0.771. The minimum atomic E-state index is -0.638. The zero-order chi connectivity index (χ0) is 26.8. The number of nitrogens with one attached hydrogen (secondary N) is 1. The fraction of sp³-hybridized carbons (Fsp3) is 0.320. The van der Waals surface area contributed by atoms with E-state index in [0.717, 1.165) is 4.57 Å². The first-order valence-electron chi connectivity index (χ1n) is 11.8. The van der Waals surface area contributed by atoms with E-state index >= 15 is 0 Å². The number of hydrogen-bond donors (Lipinski definition) is 1. The van der Waals surface area contributed by atoms with Crippen LogP contribution in [-0.4, -0.2) is 46.2 Å². The maximum Gasteiger partial charge on any atom is 0.331 e. The molecule has 38 heavy (non-hydrogen) atoms. The van der Waals surface area contributed by atoms with Gasteiger partial charge in [0.05, 0.1) is 25.1 Å². The zero-order valence-corrected chi connectivity index (χ0v) is 21.0. The molecule has 0 spiro atoms. The van der Waals surface area contributed by atoms with Crippen LogP contribution in [0.25, 0.3) is 10.9 Å². The maximum atomic E-state index is 13.5. The maximum absolute atomic E-state index is 13.5. The van der Waals surface area contributed by atoms with Crippen LogP contribution in [0.2, 0.25) is 0 Å². The monoisotopic (exact) mass is 523 g/mol. The molecule has 13 heteroatoms. The van der Waals surface area contributed by atoms with Crippen molar-refractivity contribution in [3.05, 3.63) is 62.9 Å². The highest BCUT2D eigenvalue weighted by molar-refractivity contribution is 5.92. The molecule has 4 aromatic rings. The average molecular weight is 524 g/mol. The predicted molar refractivity (Wildman–Crippen MR) is 134 cm³/mol. The van der Waals surface area contributed by atoms with Crippen LogP contribution >= 0.6 is 0 Å². The summed E-state index contributed by atoms with van der Waals surface area (Å²) in [5.41, 5.74) is -0.462. The number of aromatic nitrogens is 4. The van der Waals surface area contributed by atoms with Crippen molar-refractivity contribution in [2.45, 2.75) is 32.9 Å². The molecule has 198 valence electrons. The Morgan fingerprint density at radius 3 is 2.39 bits per heavy atom. The van der Waals surface area contributed by atoms with Crippen molar-refractivity contribution in [1.82, 2.24) is 19.3 Å². The Hall–Kier alpha value is -4.81. The summed E-state index contributed by atoms with van der Waals surface area (Å²) in [5, 5.41) is 6.72. The van der Waals surface area contributed by atoms with Crippen molar-refractivity contribution >= 4 is 22.5 Å². The number of fused-ring (bicyclic) bond motifs is 2. The molecule has 0 saturated heterocycles. The first-order chi connectivity index (χ1) is 18.4. The van der Waals surface area contributed by atoms with Crippen LogP contribution in [0.4, 0.5) is 5.69 Å². The lowest BCUT2D eigenvalue weighted by molar-refractivity contribution is -0.116. The molecular formula is C25H25N5O8. The van der Waals surface area contributed by atoms with Crippen molar-refractivity contribution in [2.75, 3.05) is 26.3 Å². The van der Waals surface area contributed by atoms with Crippen molar-refractivity contribution in [3.63, 3.8) is 0 Å². The van der Waals surface area contributed by atoms with E-state index in [1.807, 2.05) is 0 Å². The third-order valence-electron chi connectivity index (χ3n) is 6.00. The third kappa shape index (κ3) is 4.90. The van der Waals surface area contributed by atoms with Gasteiger partial charge in [-0.1, -0.05) is 5.16 Å². The molecule has 0 unspecified atom stereocenters. The molecule has 3 heterocycles. The number of nitrogens with zero attached hydrogens (tertiary/aromatic N) is 4. The number of hydrogen-bond acceptors (Lipinski definition) is 10. The van der Waals surface area contributed by atoms with E-state index in [1.54, 1.807) is 25.1 Å². The normalized spacial score (nSPS) is 12.1. The molecule has 0 aliphatic carbocycles. The minimum absolute atomic E-state index is 0.00810. The summed E-state index contributed by atoms with van der Waals surface area (Å²) in [4.78, 5) is 44.1. The fourth-order valence-corrected chi connectivity index (χ4v) is 4.21. The average Bonchev–Trinajstić information content (AvgIpc) is 3.55. The number of anilines is 1. The van der Waals surface area contributed by atoms with Gasteiger partial charge in [0.2, 0.25) is 18.6 Å². The molecule has 1 aliphatic heterocycles. The molecule has 2 aromatic heterocycles. The van der Waals surface area contributed by atoms with Crippen molar-refractivity contribution in [1.29, 1.82) is 0 Å². The van der Waals surface area contributed by atoms with Gasteiger partial charge >= 0.3 is 5.69 Å². The molecule has 1 N–H and O–H groups in total. The fourth-order valence-electron chi connectivity index (χ4n) is 4.21. The Labute approximate surface area is 215 Å². The summed E-state index contributed by atoms with van der Waals surface area (Å²) in [7, 11) is 3.00. The molecule has 2 aromatic carbocycles. The van der Waals surface area contributed by atoms with E-state index in [-0.39, 0.29) is 30.8 Å². The van der Waals surface area contributed by atoms with Gasteiger partial charge in [0.15, 0.2) is 17.3 Å². The van der Waals surface area contributed by atoms with Gasteiger partial charge in [0.1, 0.15) is 18.0 Å². The smallest absolute Gasteiger partial charge is 0.331 e. The second-order valence-corrected chi connectivity index (χ2v) is 8.54. The number of rotatable bonds is 9. The van der Waals surface area contributed by atoms with Gasteiger partial charge in [-0.05, 0) is 19.4 Å². The molecule has 0 radical (unpaired) electrons. The number of carbonyl (C=O) groups is 1. The third-order valence-corrected chi connectivity index (χ3v) is 6.00. The van der Waals surface area contributed by atoms with Crippen LogP contribution in [0.1, 0.15) is 18.1 Å². The number of benzene rings is 2. The van der Waals surface area contributed by atoms with Crippen LogP contribution in [0, 0.1) is 6.92 Å². The topological polar surface area (TPSA) is 149 Å².